The van der Waals surface area contributed by atoms with E-state index in [0.717, 1.165) is 12.8 Å². The van der Waals surface area contributed by atoms with Crippen LogP contribution in [0.4, 0.5) is 5.69 Å². The lowest BCUT2D eigenvalue weighted by Crippen LogP contribution is -2.42. The minimum atomic E-state index is -0.558. The van der Waals surface area contributed by atoms with Crippen LogP contribution in [0.5, 0.6) is 0 Å². The summed E-state index contributed by atoms with van der Waals surface area (Å²) in [7, 11) is 0. The van der Waals surface area contributed by atoms with Crippen LogP contribution < -0.4 is 5.32 Å². The smallest absolute Gasteiger partial charge is 0.341 e. The van der Waals surface area contributed by atoms with Crippen molar-refractivity contribution in [2.24, 2.45) is 0 Å². The van der Waals surface area contributed by atoms with Gasteiger partial charge in [-0.2, -0.15) is 0 Å². The molecular weight excluding hydrogens is 380 g/mol. The van der Waals surface area contributed by atoms with Gasteiger partial charge in [0.15, 0.2) is 0 Å². The molecule has 1 N–H and O–H groups in total. The number of carbonyl (C=O) groups excluding carboxylic acids is 2. The van der Waals surface area contributed by atoms with Gasteiger partial charge in [0, 0.05) is 19.3 Å². The van der Waals surface area contributed by atoms with E-state index in [1.165, 1.54) is 6.20 Å². The SMILES string of the molecule is CCCN(CCC)C(=O)C(C)Nc1c(C(=O)OCC)cnc2ccc(Cl)nc12. The Hall–Kier alpha value is -2.41. The van der Waals surface area contributed by atoms with Gasteiger partial charge in [-0.1, -0.05) is 25.4 Å². The highest BCUT2D eigenvalue weighted by atomic mass is 35.5. The second kappa shape index (κ2) is 10.2. The number of nitrogens with one attached hydrogen (secondary N) is 1. The number of amides is 1. The van der Waals surface area contributed by atoms with E-state index in [1.807, 2.05) is 18.7 Å². The van der Waals surface area contributed by atoms with E-state index < -0.39 is 12.0 Å². The number of esters is 1. The van der Waals surface area contributed by atoms with Crippen molar-refractivity contribution in [3.05, 3.63) is 29.0 Å². The van der Waals surface area contributed by atoms with E-state index in [4.69, 9.17) is 16.3 Å². The molecule has 0 bridgehead atoms. The molecule has 0 aliphatic carbocycles. The zero-order chi connectivity index (χ0) is 20.7. The van der Waals surface area contributed by atoms with Crippen molar-refractivity contribution in [2.45, 2.75) is 46.6 Å². The third-order valence-electron chi connectivity index (χ3n) is 4.20. The minimum absolute atomic E-state index is 0.0366. The van der Waals surface area contributed by atoms with Crippen molar-refractivity contribution in [1.82, 2.24) is 14.9 Å². The summed E-state index contributed by atoms with van der Waals surface area (Å²) in [5, 5.41) is 3.44. The number of halogens is 1. The van der Waals surface area contributed by atoms with Gasteiger partial charge in [-0.15, -0.1) is 0 Å². The summed E-state index contributed by atoms with van der Waals surface area (Å²) in [4.78, 5) is 35.8. The summed E-state index contributed by atoms with van der Waals surface area (Å²) >= 11 is 6.06. The number of hydrogen-bond donors (Lipinski definition) is 1. The number of aromatic nitrogens is 2. The molecule has 0 aliphatic rings. The Morgan fingerprint density at radius 2 is 1.89 bits per heavy atom. The molecule has 2 heterocycles. The topological polar surface area (TPSA) is 84.4 Å². The molecule has 1 unspecified atom stereocenters. The van der Waals surface area contributed by atoms with Gasteiger partial charge in [0.25, 0.3) is 0 Å². The third kappa shape index (κ3) is 5.10. The molecule has 0 aromatic carbocycles. The lowest BCUT2D eigenvalue weighted by atomic mass is 10.1. The molecule has 0 fully saturated rings. The average Bonchev–Trinajstić information content (AvgIpc) is 2.67. The second-order valence-electron chi connectivity index (χ2n) is 6.46. The van der Waals surface area contributed by atoms with Crippen molar-refractivity contribution in [2.75, 3.05) is 25.0 Å². The summed E-state index contributed by atoms with van der Waals surface area (Å²) in [5.74, 6) is -0.565. The highest BCUT2D eigenvalue weighted by molar-refractivity contribution is 6.30. The molecule has 2 aromatic rings. The van der Waals surface area contributed by atoms with E-state index in [-0.39, 0.29) is 23.2 Å². The third-order valence-corrected chi connectivity index (χ3v) is 4.41. The Labute approximate surface area is 170 Å². The molecule has 152 valence electrons. The molecular formula is C20H27ClN4O3. The van der Waals surface area contributed by atoms with Crippen LogP contribution in [0, 0.1) is 0 Å². The number of pyridine rings is 2. The molecule has 1 atom stereocenters. The monoisotopic (exact) mass is 406 g/mol. The molecule has 28 heavy (non-hydrogen) atoms. The van der Waals surface area contributed by atoms with Gasteiger partial charge >= 0.3 is 5.97 Å². The van der Waals surface area contributed by atoms with Crippen LogP contribution in [0.15, 0.2) is 18.3 Å². The highest BCUT2D eigenvalue weighted by Crippen LogP contribution is 2.27. The maximum absolute atomic E-state index is 12.9. The fourth-order valence-corrected chi connectivity index (χ4v) is 3.12. The molecule has 2 aromatic heterocycles. The average molecular weight is 407 g/mol. The van der Waals surface area contributed by atoms with Gasteiger partial charge in [-0.05, 0) is 38.8 Å². The summed E-state index contributed by atoms with van der Waals surface area (Å²) < 4.78 is 5.14. The zero-order valence-electron chi connectivity index (χ0n) is 16.8. The van der Waals surface area contributed by atoms with E-state index in [1.54, 1.807) is 26.0 Å². The number of ether oxygens (including phenoxy) is 1. The fraction of sp³-hybridized carbons (Fsp3) is 0.500. The molecule has 1 amide bonds. The van der Waals surface area contributed by atoms with Crippen LogP contribution in [0.3, 0.4) is 0 Å². The lowest BCUT2D eigenvalue weighted by Gasteiger charge is -2.26. The quantitative estimate of drug-likeness (QED) is 0.502. The van der Waals surface area contributed by atoms with Crippen LogP contribution >= 0.6 is 11.6 Å². The Balaban J connectivity index is 2.45. The van der Waals surface area contributed by atoms with Crippen molar-refractivity contribution in [1.29, 1.82) is 0 Å². The molecule has 0 spiro atoms. The first-order chi connectivity index (χ1) is 13.4. The highest BCUT2D eigenvalue weighted by Gasteiger charge is 2.24. The standard InChI is InChI=1S/C20H27ClN4O3/c1-5-10-25(11-6-2)19(26)13(4)23-17-14(20(27)28-7-3)12-22-15-8-9-16(21)24-18(15)17/h8-9,12-13H,5-7,10-11H2,1-4H3,(H,22,23). The van der Waals surface area contributed by atoms with Crippen molar-refractivity contribution < 1.29 is 14.3 Å². The maximum atomic E-state index is 12.9. The van der Waals surface area contributed by atoms with Crippen LogP contribution in [0.2, 0.25) is 5.15 Å². The largest absolute Gasteiger partial charge is 0.462 e. The Kier molecular flexibility index (Phi) is 7.99. The number of hydrogen-bond acceptors (Lipinski definition) is 6. The maximum Gasteiger partial charge on any atom is 0.341 e. The van der Waals surface area contributed by atoms with E-state index >= 15 is 0 Å². The van der Waals surface area contributed by atoms with Crippen molar-refractivity contribution >= 4 is 40.2 Å². The van der Waals surface area contributed by atoms with Gasteiger partial charge in [0.2, 0.25) is 5.91 Å². The summed E-state index contributed by atoms with van der Waals surface area (Å²) in [6, 6.07) is 2.79. The zero-order valence-corrected chi connectivity index (χ0v) is 17.5. The minimum Gasteiger partial charge on any atom is -0.462 e. The predicted molar refractivity (Wildman–Crippen MR) is 111 cm³/mol. The molecule has 0 saturated carbocycles. The number of anilines is 1. The normalized spacial score (nSPS) is 11.9. The summed E-state index contributed by atoms with van der Waals surface area (Å²) in [5.41, 5.74) is 1.62. The lowest BCUT2D eigenvalue weighted by molar-refractivity contribution is -0.131. The Morgan fingerprint density at radius 1 is 1.21 bits per heavy atom. The van der Waals surface area contributed by atoms with Gasteiger partial charge < -0.3 is 15.0 Å². The van der Waals surface area contributed by atoms with Crippen LogP contribution in [-0.2, 0) is 9.53 Å². The molecule has 2 rings (SSSR count). The molecule has 8 heteroatoms. The van der Waals surface area contributed by atoms with E-state index in [2.05, 4.69) is 15.3 Å². The number of carbonyl (C=O) groups is 2. The summed E-state index contributed by atoms with van der Waals surface area (Å²) in [6.45, 7) is 9.18. The van der Waals surface area contributed by atoms with Crippen LogP contribution in [0.1, 0.15) is 50.9 Å². The summed E-state index contributed by atoms with van der Waals surface area (Å²) in [6.07, 6.45) is 3.19. The molecule has 0 aliphatic heterocycles. The molecule has 0 radical (unpaired) electrons. The van der Waals surface area contributed by atoms with Gasteiger partial charge in [0.1, 0.15) is 22.3 Å². The first kappa shape index (κ1) is 21.9. The van der Waals surface area contributed by atoms with Gasteiger partial charge in [0.05, 0.1) is 17.8 Å². The van der Waals surface area contributed by atoms with Crippen LogP contribution in [-0.4, -0.2) is 52.5 Å². The van der Waals surface area contributed by atoms with E-state index in [0.29, 0.717) is 29.8 Å². The Morgan fingerprint density at radius 3 is 2.50 bits per heavy atom. The Bertz CT molecular complexity index is 838. The van der Waals surface area contributed by atoms with Crippen molar-refractivity contribution in [3.8, 4) is 0 Å². The van der Waals surface area contributed by atoms with Gasteiger partial charge in [-0.25, -0.2) is 9.78 Å². The molecule has 7 nitrogen and oxygen atoms in total. The first-order valence-electron chi connectivity index (χ1n) is 9.60. The van der Waals surface area contributed by atoms with E-state index in [9.17, 15) is 9.59 Å². The number of nitrogens with zero attached hydrogens (tertiary/aromatic N) is 3. The molecule has 0 saturated heterocycles. The first-order valence-corrected chi connectivity index (χ1v) is 9.98. The number of rotatable bonds is 9. The predicted octanol–water partition coefficient (Wildman–Crippen LogP) is 3.91. The number of fused-ring (bicyclic) bond motifs is 1. The van der Waals surface area contributed by atoms with Crippen LogP contribution in [0.25, 0.3) is 11.0 Å². The van der Waals surface area contributed by atoms with Gasteiger partial charge in [-0.3, -0.25) is 9.78 Å². The fourth-order valence-electron chi connectivity index (χ4n) is 2.98. The van der Waals surface area contributed by atoms with Crippen molar-refractivity contribution in [3.63, 3.8) is 0 Å². The second-order valence-corrected chi connectivity index (χ2v) is 6.85.